The van der Waals surface area contributed by atoms with Crippen LogP contribution in [0.15, 0.2) is 36.7 Å². The molecule has 0 aliphatic heterocycles. The lowest BCUT2D eigenvalue weighted by Gasteiger charge is -2.10. The van der Waals surface area contributed by atoms with Crippen LogP contribution in [0.4, 0.5) is 0 Å². The van der Waals surface area contributed by atoms with Crippen molar-refractivity contribution >= 4 is 11.8 Å². The first-order valence-electron chi connectivity index (χ1n) is 7.32. The van der Waals surface area contributed by atoms with E-state index < -0.39 is 5.91 Å². The molecule has 0 aliphatic carbocycles. The summed E-state index contributed by atoms with van der Waals surface area (Å²) >= 11 is 0. The fraction of sp³-hybridized carbons (Fsp3) is 0.312. The third kappa shape index (κ3) is 5.14. The highest BCUT2D eigenvalue weighted by Crippen LogP contribution is 2.17. The quantitative estimate of drug-likeness (QED) is 0.698. The van der Waals surface area contributed by atoms with E-state index in [0.717, 1.165) is 18.4 Å². The molecule has 23 heavy (non-hydrogen) atoms. The van der Waals surface area contributed by atoms with Crippen molar-refractivity contribution in [2.24, 2.45) is 12.8 Å². The van der Waals surface area contributed by atoms with Crippen LogP contribution >= 0.6 is 0 Å². The van der Waals surface area contributed by atoms with E-state index in [1.165, 1.54) is 0 Å². The van der Waals surface area contributed by atoms with Crippen LogP contribution in [0.3, 0.4) is 0 Å². The molecular formula is C16H20N4O3. The predicted octanol–water partition coefficient (Wildman–Crippen LogP) is 0.647. The monoisotopic (exact) mass is 316 g/mol. The van der Waals surface area contributed by atoms with Gasteiger partial charge >= 0.3 is 0 Å². The number of para-hydroxylation sites is 1. The van der Waals surface area contributed by atoms with E-state index >= 15 is 0 Å². The number of hydrogen-bond acceptors (Lipinski definition) is 4. The molecule has 2 amide bonds. The minimum Gasteiger partial charge on any atom is -0.483 e. The molecule has 0 radical (unpaired) electrons. The molecule has 0 atom stereocenters. The Labute approximate surface area is 134 Å². The second-order valence-corrected chi connectivity index (χ2v) is 5.13. The van der Waals surface area contributed by atoms with Gasteiger partial charge in [-0.2, -0.15) is 5.10 Å². The van der Waals surface area contributed by atoms with E-state index in [9.17, 15) is 9.59 Å². The van der Waals surface area contributed by atoms with Crippen LogP contribution in [-0.4, -0.2) is 34.7 Å². The van der Waals surface area contributed by atoms with Crippen molar-refractivity contribution in [3.05, 3.63) is 47.8 Å². The maximum atomic E-state index is 12.2. The zero-order valence-corrected chi connectivity index (χ0v) is 13.0. The molecule has 7 nitrogen and oxygen atoms in total. The molecule has 0 unspecified atom stereocenters. The summed E-state index contributed by atoms with van der Waals surface area (Å²) in [5.41, 5.74) is 6.57. The van der Waals surface area contributed by atoms with E-state index in [1.807, 2.05) is 19.4 Å². The fourth-order valence-corrected chi connectivity index (χ4v) is 2.12. The van der Waals surface area contributed by atoms with Crippen molar-refractivity contribution in [1.82, 2.24) is 15.1 Å². The van der Waals surface area contributed by atoms with Crippen LogP contribution in [0.25, 0.3) is 0 Å². The van der Waals surface area contributed by atoms with E-state index in [2.05, 4.69) is 10.4 Å². The van der Waals surface area contributed by atoms with Crippen molar-refractivity contribution in [2.45, 2.75) is 12.8 Å². The van der Waals surface area contributed by atoms with Gasteiger partial charge in [0.05, 0.1) is 11.8 Å². The van der Waals surface area contributed by atoms with Crippen LogP contribution in [0.5, 0.6) is 5.75 Å². The van der Waals surface area contributed by atoms with E-state index in [4.69, 9.17) is 10.5 Å². The maximum absolute atomic E-state index is 12.2. The topological polar surface area (TPSA) is 99.2 Å². The molecule has 1 heterocycles. The van der Waals surface area contributed by atoms with Crippen molar-refractivity contribution in [3.8, 4) is 5.75 Å². The van der Waals surface area contributed by atoms with Crippen LogP contribution in [0.2, 0.25) is 0 Å². The van der Waals surface area contributed by atoms with Crippen LogP contribution in [0.1, 0.15) is 22.3 Å². The van der Waals surface area contributed by atoms with Gasteiger partial charge in [-0.3, -0.25) is 14.3 Å². The van der Waals surface area contributed by atoms with Gasteiger partial charge in [0.1, 0.15) is 5.75 Å². The van der Waals surface area contributed by atoms with Crippen molar-refractivity contribution in [3.63, 3.8) is 0 Å². The molecule has 0 spiro atoms. The number of nitrogens with zero attached hydrogens (tertiary/aromatic N) is 2. The number of nitrogens with two attached hydrogens (primary N) is 1. The van der Waals surface area contributed by atoms with Crippen molar-refractivity contribution in [2.75, 3.05) is 13.2 Å². The lowest BCUT2D eigenvalue weighted by atomic mass is 10.1. The third-order valence-corrected chi connectivity index (χ3v) is 3.19. The molecule has 2 aromatic rings. The zero-order valence-electron chi connectivity index (χ0n) is 13.0. The molecule has 3 N–H and O–H groups in total. The molecule has 0 saturated carbocycles. The van der Waals surface area contributed by atoms with Crippen LogP contribution in [0, 0.1) is 0 Å². The van der Waals surface area contributed by atoms with Gasteiger partial charge in [0, 0.05) is 19.8 Å². The lowest BCUT2D eigenvalue weighted by molar-refractivity contribution is -0.119. The van der Waals surface area contributed by atoms with Crippen LogP contribution in [-0.2, 0) is 18.3 Å². The molecular weight excluding hydrogens is 296 g/mol. The number of carbonyl (C=O) groups is 2. The Kier molecular flexibility index (Phi) is 5.74. The number of amides is 2. The Balaban J connectivity index is 1.84. The summed E-state index contributed by atoms with van der Waals surface area (Å²) in [6.07, 6.45) is 5.42. The van der Waals surface area contributed by atoms with Gasteiger partial charge in [-0.05, 0) is 30.5 Å². The van der Waals surface area contributed by atoms with Gasteiger partial charge in [0.2, 0.25) is 0 Å². The largest absolute Gasteiger partial charge is 0.483 e. The highest BCUT2D eigenvalue weighted by Gasteiger charge is 2.12. The Morgan fingerprint density at radius 3 is 2.83 bits per heavy atom. The standard InChI is InChI=1S/C16H20N4O3/c1-20-10-12(9-19-20)5-4-8-18-16(22)13-6-2-3-7-14(13)23-11-15(17)21/h2-3,6-7,9-10H,4-5,8,11H2,1H3,(H2,17,21)(H,18,22). The second kappa shape index (κ2) is 7.98. The number of rotatable bonds is 8. The second-order valence-electron chi connectivity index (χ2n) is 5.13. The van der Waals surface area contributed by atoms with E-state index in [1.54, 1.807) is 28.9 Å². The minimum atomic E-state index is -0.586. The summed E-state index contributed by atoms with van der Waals surface area (Å²) in [7, 11) is 1.87. The smallest absolute Gasteiger partial charge is 0.255 e. The van der Waals surface area contributed by atoms with Gasteiger partial charge in [-0.15, -0.1) is 0 Å². The first-order chi connectivity index (χ1) is 11.1. The maximum Gasteiger partial charge on any atom is 0.255 e. The number of hydrogen-bond donors (Lipinski definition) is 2. The summed E-state index contributed by atoms with van der Waals surface area (Å²) in [6.45, 7) is 0.281. The summed E-state index contributed by atoms with van der Waals surface area (Å²) in [6, 6.07) is 6.75. The number of carbonyl (C=O) groups excluding carboxylic acids is 2. The highest BCUT2D eigenvalue weighted by atomic mass is 16.5. The predicted molar refractivity (Wildman–Crippen MR) is 85.0 cm³/mol. The number of benzene rings is 1. The zero-order chi connectivity index (χ0) is 16.7. The molecule has 0 saturated heterocycles. The van der Waals surface area contributed by atoms with Gasteiger partial charge < -0.3 is 15.8 Å². The van der Waals surface area contributed by atoms with Gasteiger partial charge in [0.25, 0.3) is 11.8 Å². The van der Waals surface area contributed by atoms with Gasteiger partial charge in [-0.25, -0.2) is 0 Å². The molecule has 1 aromatic carbocycles. The lowest BCUT2D eigenvalue weighted by Crippen LogP contribution is -2.26. The average molecular weight is 316 g/mol. The van der Waals surface area contributed by atoms with Crippen molar-refractivity contribution < 1.29 is 14.3 Å². The number of ether oxygens (including phenoxy) is 1. The fourth-order valence-electron chi connectivity index (χ4n) is 2.12. The summed E-state index contributed by atoms with van der Waals surface area (Å²) in [4.78, 5) is 23.0. The number of nitrogens with one attached hydrogen (secondary N) is 1. The molecule has 7 heteroatoms. The summed E-state index contributed by atoms with van der Waals surface area (Å²) in [5, 5.41) is 6.94. The highest BCUT2D eigenvalue weighted by molar-refractivity contribution is 5.97. The molecule has 0 fully saturated rings. The Bertz CT molecular complexity index is 681. The van der Waals surface area contributed by atoms with Gasteiger partial charge in [-0.1, -0.05) is 12.1 Å². The van der Waals surface area contributed by atoms with Gasteiger partial charge in [0.15, 0.2) is 6.61 Å². The van der Waals surface area contributed by atoms with Crippen molar-refractivity contribution in [1.29, 1.82) is 0 Å². The number of primary amides is 1. The molecule has 122 valence electrons. The summed E-state index contributed by atoms with van der Waals surface area (Å²) in [5.74, 6) is -0.482. The Hall–Kier alpha value is -2.83. The Morgan fingerprint density at radius 2 is 2.13 bits per heavy atom. The molecule has 0 aliphatic rings. The van der Waals surface area contributed by atoms with Crippen LogP contribution < -0.4 is 15.8 Å². The number of aromatic nitrogens is 2. The van der Waals surface area contributed by atoms with E-state index in [-0.39, 0.29) is 12.5 Å². The average Bonchev–Trinajstić information content (AvgIpc) is 2.95. The minimum absolute atomic E-state index is 0.240. The Morgan fingerprint density at radius 1 is 1.35 bits per heavy atom. The first kappa shape index (κ1) is 16.5. The molecule has 0 bridgehead atoms. The summed E-state index contributed by atoms with van der Waals surface area (Å²) < 4.78 is 7.00. The third-order valence-electron chi connectivity index (χ3n) is 3.19. The van der Waals surface area contributed by atoms with E-state index in [0.29, 0.717) is 17.9 Å². The molecule has 2 rings (SSSR count). The SMILES string of the molecule is Cn1cc(CCCNC(=O)c2ccccc2OCC(N)=O)cn1. The normalized spacial score (nSPS) is 10.3. The number of aryl methyl sites for hydroxylation is 2. The molecule has 1 aromatic heterocycles. The first-order valence-corrected chi connectivity index (χ1v) is 7.32.